The number of carbonyl (C=O) groups is 2. The first-order valence-corrected chi connectivity index (χ1v) is 9.91. The number of nitrogens with zero attached hydrogens (tertiary/aromatic N) is 2. The van der Waals surface area contributed by atoms with E-state index in [0.717, 1.165) is 16.8 Å². The van der Waals surface area contributed by atoms with E-state index >= 15 is 0 Å². The molecule has 6 nitrogen and oxygen atoms in total. The van der Waals surface area contributed by atoms with E-state index in [0.29, 0.717) is 15.8 Å². The normalized spacial score (nSPS) is 11.8. The van der Waals surface area contributed by atoms with Crippen molar-refractivity contribution < 1.29 is 19.1 Å². The Morgan fingerprint density at radius 1 is 1.29 bits per heavy atom. The van der Waals surface area contributed by atoms with Gasteiger partial charge in [-0.15, -0.1) is 11.3 Å². The third-order valence-electron chi connectivity index (χ3n) is 3.97. The molecule has 2 rings (SSSR count). The Hall–Kier alpha value is -2.43. The van der Waals surface area contributed by atoms with Crippen LogP contribution in [0.25, 0.3) is 0 Å². The van der Waals surface area contributed by atoms with Crippen LogP contribution in [0.3, 0.4) is 0 Å². The maximum Gasteiger partial charge on any atom is 0.344 e. The lowest BCUT2D eigenvalue weighted by molar-refractivity contribution is -0.150. The van der Waals surface area contributed by atoms with E-state index in [1.165, 1.54) is 11.3 Å². The van der Waals surface area contributed by atoms with Crippen molar-refractivity contribution in [1.29, 1.82) is 5.26 Å². The summed E-state index contributed by atoms with van der Waals surface area (Å²) in [5.74, 6) is -1.55. The number of aromatic nitrogens is 1. The zero-order chi connectivity index (χ0) is 20.8. The number of rotatable bonds is 8. The van der Waals surface area contributed by atoms with Crippen LogP contribution < -0.4 is 4.74 Å². The molecule has 0 amide bonds. The van der Waals surface area contributed by atoms with Gasteiger partial charge in [-0.2, -0.15) is 5.26 Å². The molecule has 0 spiro atoms. The number of benzene rings is 1. The molecule has 0 N–H and O–H groups in total. The lowest BCUT2D eigenvalue weighted by Gasteiger charge is -2.15. The molecule has 0 unspecified atom stereocenters. The molecule has 0 saturated heterocycles. The van der Waals surface area contributed by atoms with Crippen molar-refractivity contribution in [3.8, 4) is 11.8 Å². The van der Waals surface area contributed by atoms with E-state index in [9.17, 15) is 14.9 Å². The van der Waals surface area contributed by atoms with Gasteiger partial charge in [0, 0.05) is 16.1 Å². The maximum absolute atomic E-state index is 12.2. The lowest BCUT2D eigenvalue weighted by Crippen LogP contribution is -2.23. The Labute approximate surface area is 173 Å². The topological polar surface area (TPSA) is 89.3 Å². The van der Waals surface area contributed by atoms with Crippen LogP contribution in [-0.4, -0.2) is 30.0 Å². The molecule has 0 saturated carbocycles. The predicted octanol–water partition coefficient (Wildman–Crippen LogP) is 4.34. The average Bonchev–Trinajstić information content (AvgIpc) is 3.06. The zero-order valence-corrected chi connectivity index (χ0v) is 17.7. The molecule has 1 aromatic heterocycles. The molecule has 2 aromatic rings. The first-order chi connectivity index (χ1) is 13.2. The Bertz CT molecular complexity index is 917. The Morgan fingerprint density at radius 3 is 2.57 bits per heavy atom. The van der Waals surface area contributed by atoms with Crippen LogP contribution in [-0.2, 0) is 14.3 Å². The van der Waals surface area contributed by atoms with Gasteiger partial charge < -0.3 is 9.47 Å². The predicted molar refractivity (Wildman–Crippen MR) is 107 cm³/mol. The minimum Gasteiger partial charge on any atom is -0.482 e. The molecular weight excluding hydrogens is 400 g/mol. The fourth-order valence-electron chi connectivity index (χ4n) is 2.43. The molecule has 1 aromatic carbocycles. The van der Waals surface area contributed by atoms with Gasteiger partial charge >= 0.3 is 5.97 Å². The number of aryl methyl sites for hydroxylation is 2. The van der Waals surface area contributed by atoms with Gasteiger partial charge in [0.2, 0.25) is 0 Å². The zero-order valence-electron chi connectivity index (χ0n) is 16.1. The largest absolute Gasteiger partial charge is 0.482 e. The van der Waals surface area contributed by atoms with Crippen LogP contribution in [0.4, 0.5) is 0 Å². The molecule has 148 valence electrons. The second-order valence-corrected chi connectivity index (χ2v) is 7.90. The van der Waals surface area contributed by atoms with E-state index in [-0.39, 0.29) is 12.5 Å². The summed E-state index contributed by atoms with van der Waals surface area (Å²) >= 11 is 7.39. The summed E-state index contributed by atoms with van der Waals surface area (Å²) in [6.07, 6.45) is 0. The number of Topliss-reactive ketones (excluding diaryl/α,β-unsaturated/α-hetero) is 1. The van der Waals surface area contributed by atoms with Gasteiger partial charge in [-0.05, 0) is 43.0 Å². The van der Waals surface area contributed by atoms with Crippen LogP contribution >= 0.6 is 22.9 Å². The second-order valence-electron chi connectivity index (χ2n) is 6.60. The molecule has 0 aliphatic rings. The molecule has 0 radical (unpaired) electrons. The van der Waals surface area contributed by atoms with E-state index in [4.69, 9.17) is 21.1 Å². The molecule has 0 bridgehead atoms. The van der Waals surface area contributed by atoms with Gasteiger partial charge in [0.25, 0.3) is 0 Å². The van der Waals surface area contributed by atoms with Gasteiger partial charge in [0.05, 0.1) is 6.07 Å². The first kappa shape index (κ1) is 21.9. The van der Waals surface area contributed by atoms with E-state index < -0.39 is 24.3 Å². The molecule has 1 atom stereocenters. The Balaban J connectivity index is 1.94. The smallest absolute Gasteiger partial charge is 0.344 e. The molecule has 0 aliphatic carbocycles. The van der Waals surface area contributed by atoms with Crippen molar-refractivity contribution in [1.82, 2.24) is 4.98 Å². The average molecular weight is 421 g/mol. The fraction of sp³-hybridized carbons (Fsp3) is 0.400. The van der Waals surface area contributed by atoms with Crippen molar-refractivity contribution in [2.45, 2.75) is 39.5 Å². The molecule has 1 heterocycles. The van der Waals surface area contributed by atoms with Gasteiger partial charge in [-0.3, -0.25) is 4.79 Å². The van der Waals surface area contributed by atoms with Crippen molar-refractivity contribution in [2.24, 2.45) is 0 Å². The summed E-state index contributed by atoms with van der Waals surface area (Å²) in [4.78, 5) is 28.3. The highest BCUT2D eigenvalue weighted by atomic mass is 35.5. The second kappa shape index (κ2) is 9.67. The number of ether oxygens (including phenoxy) is 2. The third kappa shape index (κ3) is 5.54. The Kier molecular flexibility index (Phi) is 7.55. The van der Waals surface area contributed by atoms with Crippen LogP contribution in [0, 0.1) is 25.2 Å². The highest BCUT2D eigenvalue weighted by Crippen LogP contribution is 2.32. The van der Waals surface area contributed by atoms with E-state index in [2.05, 4.69) is 4.98 Å². The van der Waals surface area contributed by atoms with Crippen molar-refractivity contribution in [3.05, 3.63) is 44.4 Å². The molecule has 28 heavy (non-hydrogen) atoms. The maximum atomic E-state index is 12.2. The first-order valence-electron chi connectivity index (χ1n) is 8.65. The molecule has 8 heteroatoms. The highest BCUT2D eigenvalue weighted by molar-refractivity contribution is 7.09. The summed E-state index contributed by atoms with van der Waals surface area (Å²) in [7, 11) is 0. The SMILES string of the molecule is Cc1csc([C@H](C#N)C(=O)COC(=O)COc2cc(C)c(Cl)cc2C(C)C)n1. The van der Waals surface area contributed by atoms with Crippen LogP contribution in [0.1, 0.15) is 47.5 Å². The van der Waals surface area contributed by atoms with Crippen molar-refractivity contribution >= 4 is 34.7 Å². The minimum atomic E-state index is -1.04. The highest BCUT2D eigenvalue weighted by Gasteiger charge is 2.24. The van der Waals surface area contributed by atoms with Crippen molar-refractivity contribution in [2.75, 3.05) is 13.2 Å². The Morgan fingerprint density at radius 2 is 2.00 bits per heavy atom. The summed E-state index contributed by atoms with van der Waals surface area (Å²) in [5, 5.41) is 12.0. The number of thiazole rings is 1. The monoisotopic (exact) mass is 420 g/mol. The third-order valence-corrected chi connectivity index (χ3v) is 5.40. The van der Waals surface area contributed by atoms with Gasteiger partial charge in [-0.1, -0.05) is 25.4 Å². The number of ketones is 1. The number of hydrogen-bond donors (Lipinski definition) is 0. The molecule has 0 fully saturated rings. The summed E-state index contributed by atoms with van der Waals surface area (Å²) in [5.41, 5.74) is 2.45. The van der Waals surface area contributed by atoms with Crippen LogP contribution in [0.15, 0.2) is 17.5 Å². The number of nitriles is 1. The summed E-state index contributed by atoms with van der Waals surface area (Å²) in [6.45, 7) is 6.76. The summed E-state index contributed by atoms with van der Waals surface area (Å²) in [6, 6.07) is 5.50. The van der Waals surface area contributed by atoms with Crippen LogP contribution in [0.2, 0.25) is 5.02 Å². The minimum absolute atomic E-state index is 0.156. The lowest BCUT2D eigenvalue weighted by atomic mass is 10.0. The van der Waals surface area contributed by atoms with Gasteiger partial charge in [0.1, 0.15) is 10.8 Å². The van der Waals surface area contributed by atoms with Gasteiger partial charge in [-0.25, -0.2) is 9.78 Å². The van der Waals surface area contributed by atoms with E-state index in [1.54, 1.807) is 18.4 Å². The van der Waals surface area contributed by atoms with Crippen molar-refractivity contribution in [3.63, 3.8) is 0 Å². The standard InChI is InChI=1S/C20H21ClN2O4S/c1-11(2)14-6-16(21)12(3)5-18(14)26-9-19(25)27-8-17(24)15(7-22)20-23-13(4)10-28-20/h5-6,10-11,15H,8-9H2,1-4H3/t15-/m1/s1. The van der Waals surface area contributed by atoms with Crippen LogP contribution in [0.5, 0.6) is 5.75 Å². The number of hydrogen-bond acceptors (Lipinski definition) is 7. The molecule has 0 aliphatic heterocycles. The molecular formula is C20H21ClN2O4S. The number of esters is 1. The van der Waals surface area contributed by atoms with E-state index in [1.807, 2.05) is 32.9 Å². The number of halogens is 1. The fourth-order valence-corrected chi connectivity index (χ4v) is 3.46. The number of carbonyl (C=O) groups excluding carboxylic acids is 2. The van der Waals surface area contributed by atoms with Gasteiger partial charge in [0.15, 0.2) is 24.9 Å². The quantitative estimate of drug-likeness (QED) is 0.590. The summed E-state index contributed by atoms with van der Waals surface area (Å²) < 4.78 is 10.6.